The molecule has 10 rings (SSSR count). The predicted octanol–water partition coefficient (Wildman–Crippen LogP) is 13.6. The highest BCUT2D eigenvalue weighted by molar-refractivity contribution is 6.12. The first-order valence-corrected chi connectivity index (χ1v) is 19.2. The van der Waals surface area contributed by atoms with Gasteiger partial charge in [0.15, 0.2) is 17.5 Å². The number of fused-ring (bicyclic) bond motifs is 5. The molecule has 4 nitrogen and oxygen atoms in total. The van der Waals surface area contributed by atoms with Crippen LogP contribution in [-0.2, 0) is 10.8 Å². The molecule has 0 radical (unpaired) electrons. The number of nitrogens with zero attached hydrogens (tertiary/aromatic N) is 3. The molecule has 0 spiro atoms. The molecule has 55 heavy (non-hydrogen) atoms. The molecule has 1 aliphatic carbocycles. The van der Waals surface area contributed by atoms with Crippen LogP contribution in [0.3, 0.4) is 0 Å². The van der Waals surface area contributed by atoms with E-state index in [1.54, 1.807) is 0 Å². The Kier molecular flexibility index (Phi) is 7.60. The summed E-state index contributed by atoms with van der Waals surface area (Å²) in [6.07, 6.45) is 2.37. The molecule has 0 aliphatic heterocycles. The van der Waals surface area contributed by atoms with Gasteiger partial charge < -0.3 is 4.42 Å². The van der Waals surface area contributed by atoms with E-state index in [9.17, 15) is 0 Å². The largest absolute Gasteiger partial charge is 0.456 e. The molecule has 0 saturated carbocycles. The van der Waals surface area contributed by atoms with Gasteiger partial charge in [-0.2, -0.15) is 0 Å². The molecule has 1 aliphatic rings. The molecular formula is C51H41N3O. The lowest BCUT2D eigenvalue weighted by Gasteiger charge is -2.42. The Balaban J connectivity index is 1.17. The minimum absolute atomic E-state index is 0.122. The number of hydrogen-bond acceptors (Lipinski definition) is 4. The minimum Gasteiger partial charge on any atom is -0.456 e. The Morgan fingerprint density at radius 3 is 1.71 bits per heavy atom. The highest BCUT2D eigenvalue weighted by atomic mass is 16.3. The lowest BCUT2D eigenvalue weighted by atomic mass is 9.63. The van der Waals surface area contributed by atoms with E-state index in [4.69, 9.17) is 19.4 Å². The van der Waals surface area contributed by atoms with Gasteiger partial charge in [-0.15, -0.1) is 0 Å². The van der Waals surface area contributed by atoms with Gasteiger partial charge in [0.2, 0.25) is 0 Å². The lowest BCUT2D eigenvalue weighted by Crippen LogP contribution is -2.33. The Morgan fingerprint density at radius 1 is 0.400 bits per heavy atom. The Bertz CT molecular complexity index is 2920. The van der Waals surface area contributed by atoms with Crippen molar-refractivity contribution in [3.05, 3.63) is 163 Å². The van der Waals surface area contributed by atoms with Crippen LogP contribution in [0.15, 0.2) is 156 Å². The van der Waals surface area contributed by atoms with Gasteiger partial charge in [-0.05, 0) is 86.0 Å². The van der Waals surface area contributed by atoms with Crippen molar-refractivity contribution in [2.45, 2.75) is 51.4 Å². The van der Waals surface area contributed by atoms with Crippen LogP contribution in [0.1, 0.15) is 51.7 Å². The first-order valence-electron chi connectivity index (χ1n) is 19.2. The Morgan fingerprint density at radius 2 is 0.945 bits per heavy atom. The average molecular weight is 712 g/mol. The third kappa shape index (κ3) is 5.63. The van der Waals surface area contributed by atoms with Crippen LogP contribution in [0.5, 0.6) is 0 Å². The molecule has 2 heterocycles. The molecular weight excluding hydrogens is 671 g/mol. The van der Waals surface area contributed by atoms with Crippen molar-refractivity contribution in [1.29, 1.82) is 0 Å². The second kappa shape index (κ2) is 12.6. The fourth-order valence-electron chi connectivity index (χ4n) is 8.65. The molecule has 2 aromatic heterocycles. The molecule has 0 unspecified atom stereocenters. The first-order chi connectivity index (χ1) is 26.7. The second-order valence-corrected chi connectivity index (χ2v) is 16.3. The van der Waals surface area contributed by atoms with Gasteiger partial charge in [0.05, 0.1) is 0 Å². The fourth-order valence-corrected chi connectivity index (χ4v) is 8.65. The molecule has 0 fully saturated rings. The number of hydrogen-bond donors (Lipinski definition) is 0. The summed E-state index contributed by atoms with van der Waals surface area (Å²) < 4.78 is 6.30. The van der Waals surface area contributed by atoms with Gasteiger partial charge in [-0.1, -0.05) is 161 Å². The molecule has 4 heteroatoms. The quantitative estimate of drug-likeness (QED) is 0.178. The van der Waals surface area contributed by atoms with E-state index >= 15 is 0 Å². The van der Waals surface area contributed by atoms with Gasteiger partial charge in [-0.25, -0.2) is 15.0 Å². The lowest BCUT2D eigenvalue weighted by molar-refractivity contribution is 0.332. The Hall–Kier alpha value is -6.39. The number of aromatic nitrogens is 3. The van der Waals surface area contributed by atoms with Crippen molar-refractivity contribution in [2.75, 3.05) is 0 Å². The second-order valence-electron chi connectivity index (χ2n) is 16.3. The third-order valence-corrected chi connectivity index (χ3v) is 11.9. The zero-order valence-corrected chi connectivity index (χ0v) is 31.6. The number of furan rings is 1. The Labute approximate surface area is 321 Å². The molecule has 0 amide bonds. The summed E-state index contributed by atoms with van der Waals surface area (Å²) >= 11 is 0. The summed E-state index contributed by atoms with van der Waals surface area (Å²) in [5.74, 6) is 1.86. The van der Waals surface area contributed by atoms with Crippen molar-refractivity contribution >= 4 is 32.7 Å². The first kappa shape index (κ1) is 33.2. The van der Waals surface area contributed by atoms with Gasteiger partial charge >= 0.3 is 0 Å². The number of benzene rings is 7. The zero-order chi connectivity index (χ0) is 37.3. The normalized spacial score (nSPS) is 14.7. The van der Waals surface area contributed by atoms with E-state index in [1.165, 1.54) is 46.0 Å². The van der Waals surface area contributed by atoms with E-state index in [1.807, 2.05) is 36.4 Å². The van der Waals surface area contributed by atoms with E-state index in [-0.39, 0.29) is 10.8 Å². The molecule has 9 aromatic rings. The van der Waals surface area contributed by atoms with Crippen molar-refractivity contribution in [3.63, 3.8) is 0 Å². The van der Waals surface area contributed by atoms with Gasteiger partial charge in [0, 0.05) is 27.5 Å². The van der Waals surface area contributed by atoms with E-state index < -0.39 is 0 Å². The highest BCUT2D eigenvalue weighted by Crippen LogP contribution is 2.48. The highest BCUT2D eigenvalue weighted by Gasteiger charge is 2.37. The van der Waals surface area contributed by atoms with Crippen molar-refractivity contribution in [2.24, 2.45) is 0 Å². The smallest absolute Gasteiger partial charge is 0.164 e. The van der Waals surface area contributed by atoms with Crippen molar-refractivity contribution in [1.82, 2.24) is 15.0 Å². The molecule has 7 aromatic carbocycles. The SMILES string of the molecule is CC1(C)CCC(C)(C)c2cc(-c3ccc(-c4nc(-c5ccc(-c6ccccc6)cc5)nc(-c5cccc6oc7ccccc7c56)n4)c4ccccc34)ccc21. The zero-order valence-electron chi connectivity index (χ0n) is 31.6. The van der Waals surface area contributed by atoms with Crippen LogP contribution in [0.2, 0.25) is 0 Å². The molecule has 0 atom stereocenters. The van der Waals surface area contributed by atoms with Gasteiger partial charge in [-0.3, -0.25) is 0 Å². The summed E-state index contributed by atoms with van der Waals surface area (Å²) in [6, 6.07) is 53.5. The standard InChI is InChI=1S/C51H41N3O/c1-50(2)29-30-51(3,4)43-31-35(25-28-42(43)50)36-26-27-39(38-16-9-8-15-37(36)38)48-52-47(34-23-21-33(22-24-34)32-13-6-5-7-14-32)53-49(54-48)41-18-12-20-45-46(41)40-17-10-11-19-44(40)55-45/h5-28,31H,29-30H2,1-4H3. The van der Waals surface area contributed by atoms with Crippen LogP contribution in [0.25, 0.3) is 89.1 Å². The maximum atomic E-state index is 6.30. The monoisotopic (exact) mass is 711 g/mol. The summed E-state index contributed by atoms with van der Waals surface area (Å²) in [7, 11) is 0. The van der Waals surface area contributed by atoms with Gasteiger partial charge in [0.25, 0.3) is 0 Å². The van der Waals surface area contributed by atoms with Crippen molar-refractivity contribution in [3.8, 4) is 56.4 Å². The topological polar surface area (TPSA) is 51.8 Å². The summed E-state index contributed by atoms with van der Waals surface area (Å²) in [6.45, 7) is 9.55. The minimum atomic E-state index is 0.122. The predicted molar refractivity (Wildman–Crippen MR) is 227 cm³/mol. The molecule has 266 valence electrons. The number of para-hydroxylation sites is 1. The van der Waals surface area contributed by atoms with Crippen LogP contribution in [0.4, 0.5) is 0 Å². The maximum Gasteiger partial charge on any atom is 0.164 e. The van der Waals surface area contributed by atoms with E-state index in [0.717, 1.165) is 49.6 Å². The summed E-state index contributed by atoms with van der Waals surface area (Å²) in [5, 5.41) is 4.31. The molecule has 0 saturated heterocycles. The fraction of sp³-hybridized carbons (Fsp3) is 0.157. The van der Waals surface area contributed by atoms with Crippen LogP contribution in [0, 0.1) is 0 Å². The summed E-state index contributed by atoms with van der Waals surface area (Å²) in [4.78, 5) is 15.7. The summed E-state index contributed by atoms with van der Waals surface area (Å²) in [5.41, 5.74) is 12.4. The van der Waals surface area contributed by atoms with Crippen LogP contribution >= 0.6 is 0 Å². The number of rotatable bonds is 5. The molecule has 0 bridgehead atoms. The average Bonchev–Trinajstić information content (AvgIpc) is 3.61. The van der Waals surface area contributed by atoms with Crippen LogP contribution < -0.4 is 0 Å². The van der Waals surface area contributed by atoms with Crippen molar-refractivity contribution < 1.29 is 4.42 Å². The third-order valence-electron chi connectivity index (χ3n) is 11.9. The maximum absolute atomic E-state index is 6.30. The van der Waals surface area contributed by atoms with E-state index in [0.29, 0.717) is 17.5 Å². The van der Waals surface area contributed by atoms with E-state index in [2.05, 4.69) is 143 Å². The van der Waals surface area contributed by atoms with Crippen LogP contribution in [-0.4, -0.2) is 15.0 Å². The van der Waals surface area contributed by atoms with Gasteiger partial charge in [0.1, 0.15) is 11.2 Å². The molecule has 0 N–H and O–H groups in total.